The van der Waals surface area contributed by atoms with E-state index < -0.39 is 0 Å². The smallest absolute Gasteiger partial charge is 0.106 e. The molecule has 1 unspecified atom stereocenters. The highest BCUT2D eigenvalue weighted by Crippen LogP contribution is 2.34. The average Bonchev–Trinajstić information content (AvgIpc) is 2.71. The topological polar surface area (TPSA) is 15.6 Å². The Hall–Kier alpha value is -0.350. The van der Waals surface area contributed by atoms with Gasteiger partial charge in [0.15, 0.2) is 0 Å². The largest absolute Gasteiger partial charge is 0.288 e. The van der Waals surface area contributed by atoms with Gasteiger partial charge in [-0.05, 0) is 34.3 Å². The van der Waals surface area contributed by atoms with E-state index in [-0.39, 0.29) is 0 Å². The summed E-state index contributed by atoms with van der Waals surface area (Å²) in [5.74, 6) is 0. The van der Waals surface area contributed by atoms with E-state index >= 15 is 0 Å². The van der Waals surface area contributed by atoms with Crippen LogP contribution in [0.2, 0.25) is 0 Å². The van der Waals surface area contributed by atoms with Gasteiger partial charge in [0.25, 0.3) is 0 Å². The Balaban J connectivity index is 2.18. The van der Waals surface area contributed by atoms with E-state index in [1.165, 1.54) is 4.88 Å². The zero-order chi connectivity index (χ0) is 9.26. The molecule has 1 aliphatic heterocycles. The lowest BCUT2D eigenvalue weighted by atomic mass is 10.2. The van der Waals surface area contributed by atoms with Crippen LogP contribution in [0.4, 0.5) is 0 Å². The van der Waals surface area contributed by atoms with Crippen LogP contribution in [0, 0.1) is 0 Å². The molecule has 0 fully saturated rings. The molecular formula is C9H11BrN2S. The monoisotopic (exact) mass is 258 g/mol. The van der Waals surface area contributed by atoms with Gasteiger partial charge in [-0.15, -0.1) is 11.3 Å². The predicted octanol–water partition coefficient (Wildman–Crippen LogP) is 3.22. The first kappa shape index (κ1) is 9.21. The Bertz CT molecular complexity index is 307. The van der Waals surface area contributed by atoms with Crippen LogP contribution in [0.5, 0.6) is 0 Å². The van der Waals surface area contributed by atoms with Gasteiger partial charge >= 0.3 is 0 Å². The van der Waals surface area contributed by atoms with E-state index in [1.807, 2.05) is 0 Å². The van der Waals surface area contributed by atoms with Gasteiger partial charge in [0, 0.05) is 17.8 Å². The molecule has 2 rings (SSSR count). The highest BCUT2D eigenvalue weighted by Gasteiger charge is 2.25. The van der Waals surface area contributed by atoms with Crippen LogP contribution in [0.1, 0.15) is 24.3 Å². The summed E-state index contributed by atoms with van der Waals surface area (Å²) >= 11 is 5.26. The number of hydrazone groups is 1. The molecule has 0 aromatic carbocycles. The van der Waals surface area contributed by atoms with Crippen molar-refractivity contribution in [1.29, 1.82) is 0 Å². The first-order valence-electron chi connectivity index (χ1n) is 4.34. The molecule has 0 bridgehead atoms. The summed E-state index contributed by atoms with van der Waals surface area (Å²) in [7, 11) is 0. The molecule has 70 valence electrons. The van der Waals surface area contributed by atoms with Crippen LogP contribution in [0.15, 0.2) is 22.6 Å². The maximum Gasteiger partial charge on any atom is 0.106 e. The van der Waals surface area contributed by atoms with Crippen LogP contribution >= 0.6 is 27.3 Å². The van der Waals surface area contributed by atoms with E-state index in [2.05, 4.69) is 50.5 Å². The third-order valence-corrected chi connectivity index (χ3v) is 3.61. The molecule has 1 atom stereocenters. The van der Waals surface area contributed by atoms with E-state index in [1.54, 1.807) is 11.3 Å². The van der Waals surface area contributed by atoms with Crippen molar-refractivity contribution in [2.75, 3.05) is 6.54 Å². The Morgan fingerprint density at radius 2 is 2.62 bits per heavy atom. The maximum absolute atomic E-state index is 4.42. The van der Waals surface area contributed by atoms with Crippen LogP contribution in [0.25, 0.3) is 0 Å². The Kier molecular flexibility index (Phi) is 2.69. The summed E-state index contributed by atoms with van der Waals surface area (Å²) in [6.45, 7) is 3.10. The molecule has 0 saturated carbocycles. The highest BCUT2D eigenvalue weighted by atomic mass is 79.9. The van der Waals surface area contributed by atoms with Crippen LogP contribution in [-0.2, 0) is 0 Å². The number of hydrogen-bond acceptors (Lipinski definition) is 3. The summed E-state index contributed by atoms with van der Waals surface area (Å²) in [6, 6.07) is 4.73. The van der Waals surface area contributed by atoms with Crippen molar-refractivity contribution in [1.82, 2.24) is 5.01 Å². The molecule has 1 aromatic heterocycles. The lowest BCUT2D eigenvalue weighted by Gasteiger charge is -2.20. The zero-order valence-electron chi connectivity index (χ0n) is 7.40. The van der Waals surface area contributed by atoms with Crippen LogP contribution in [-0.4, -0.2) is 16.2 Å². The lowest BCUT2D eigenvalue weighted by molar-refractivity contribution is 0.250. The van der Waals surface area contributed by atoms with E-state index in [9.17, 15) is 0 Å². The van der Waals surface area contributed by atoms with E-state index in [0.717, 1.165) is 17.6 Å². The fraction of sp³-hybridized carbons (Fsp3) is 0.444. The predicted molar refractivity (Wildman–Crippen MR) is 60.4 cm³/mol. The number of rotatable bonds is 2. The minimum absolute atomic E-state index is 0.458. The number of thiophene rings is 1. The molecule has 13 heavy (non-hydrogen) atoms. The molecule has 0 N–H and O–H groups in total. The van der Waals surface area contributed by atoms with Gasteiger partial charge in [-0.3, -0.25) is 5.01 Å². The summed E-state index contributed by atoms with van der Waals surface area (Å²) in [5.41, 5.74) is 0. The molecular weight excluding hydrogens is 248 g/mol. The van der Waals surface area contributed by atoms with Crippen molar-refractivity contribution in [3.63, 3.8) is 0 Å². The molecule has 0 spiro atoms. The second-order valence-corrected chi connectivity index (χ2v) is 4.86. The molecule has 0 saturated heterocycles. The molecule has 1 aliphatic rings. The molecule has 0 radical (unpaired) electrons. The van der Waals surface area contributed by atoms with Crippen molar-refractivity contribution in [2.24, 2.45) is 5.10 Å². The van der Waals surface area contributed by atoms with Gasteiger partial charge in [-0.1, -0.05) is 6.07 Å². The molecule has 4 heteroatoms. The lowest BCUT2D eigenvalue weighted by Crippen LogP contribution is -2.17. The number of nitrogens with zero attached hydrogens (tertiary/aromatic N) is 2. The minimum Gasteiger partial charge on any atom is -0.288 e. The fourth-order valence-corrected chi connectivity index (χ4v) is 2.88. The standard InChI is InChI=1S/C9H11BrN2S/c1-2-12-7(6-9(10)11-12)8-4-3-5-13-8/h3-5,7H,2,6H2,1H3. The highest BCUT2D eigenvalue weighted by molar-refractivity contribution is 9.18. The third kappa shape index (κ3) is 1.79. The Morgan fingerprint density at radius 3 is 3.23 bits per heavy atom. The second-order valence-electron chi connectivity index (χ2n) is 2.97. The van der Waals surface area contributed by atoms with Crippen molar-refractivity contribution in [3.8, 4) is 0 Å². The molecule has 1 aromatic rings. The molecule has 2 nitrogen and oxygen atoms in total. The van der Waals surface area contributed by atoms with Gasteiger partial charge in [-0.25, -0.2) is 0 Å². The maximum atomic E-state index is 4.42. The van der Waals surface area contributed by atoms with Crippen LogP contribution < -0.4 is 0 Å². The van der Waals surface area contributed by atoms with Crippen molar-refractivity contribution < 1.29 is 0 Å². The van der Waals surface area contributed by atoms with Gasteiger partial charge < -0.3 is 0 Å². The first-order valence-corrected chi connectivity index (χ1v) is 6.01. The van der Waals surface area contributed by atoms with Crippen LogP contribution in [0.3, 0.4) is 0 Å². The van der Waals surface area contributed by atoms with Gasteiger partial charge in [0.2, 0.25) is 0 Å². The Labute approximate surface area is 90.4 Å². The minimum atomic E-state index is 0.458. The van der Waals surface area contributed by atoms with Gasteiger partial charge in [-0.2, -0.15) is 5.10 Å². The molecule has 0 amide bonds. The summed E-state index contributed by atoms with van der Waals surface area (Å²) in [6.07, 6.45) is 1.01. The molecule has 2 heterocycles. The summed E-state index contributed by atoms with van der Waals surface area (Å²) < 4.78 is 1.06. The third-order valence-electron chi connectivity index (χ3n) is 2.15. The van der Waals surface area contributed by atoms with Gasteiger partial charge in [0.05, 0.1) is 6.04 Å². The van der Waals surface area contributed by atoms with Crippen molar-refractivity contribution >= 4 is 31.9 Å². The quantitative estimate of drug-likeness (QED) is 0.796. The SMILES string of the molecule is CCN1N=C(Br)CC1c1cccs1. The number of halogens is 1. The van der Waals surface area contributed by atoms with Crippen molar-refractivity contribution in [3.05, 3.63) is 22.4 Å². The second kappa shape index (κ2) is 3.80. The Morgan fingerprint density at radius 1 is 1.77 bits per heavy atom. The average molecular weight is 259 g/mol. The summed E-state index contributed by atoms with van der Waals surface area (Å²) in [5, 5.41) is 8.67. The fourth-order valence-electron chi connectivity index (χ4n) is 1.53. The summed E-state index contributed by atoms with van der Waals surface area (Å²) in [4.78, 5) is 1.40. The van der Waals surface area contributed by atoms with E-state index in [4.69, 9.17) is 0 Å². The van der Waals surface area contributed by atoms with Crippen molar-refractivity contribution in [2.45, 2.75) is 19.4 Å². The zero-order valence-corrected chi connectivity index (χ0v) is 9.81. The molecule has 0 aliphatic carbocycles. The normalized spacial score (nSPS) is 22.2. The first-order chi connectivity index (χ1) is 6.31. The van der Waals surface area contributed by atoms with Gasteiger partial charge in [0.1, 0.15) is 4.62 Å². The number of hydrogen-bond donors (Lipinski definition) is 0. The van der Waals surface area contributed by atoms with E-state index in [0.29, 0.717) is 6.04 Å².